The molecule has 6 nitrogen and oxygen atoms in total. The molecule has 0 unspecified atom stereocenters. The quantitative estimate of drug-likeness (QED) is 0.823. The third kappa shape index (κ3) is 6.31. The van der Waals surface area contributed by atoms with Crippen LogP contribution in [0.1, 0.15) is 0 Å². The van der Waals surface area contributed by atoms with Gasteiger partial charge in [-0.15, -0.1) is 0 Å². The van der Waals surface area contributed by atoms with Crippen LogP contribution >= 0.6 is 0 Å². The molecule has 124 valence electrons. The summed E-state index contributed by atoms with van der Waals surface area (Å²) in [6, 6.07) is 7.04. The smallest absolute Gasteiger partial charge is 0.328 e. The Bertz CT molecular complexity index is 691. The van der Waals surface area contributed by atoms with Crippen molar-refractivity contribution in [3.63, 3.8) is 0 Å². The third-order valence-corrected chi connectivity index (χ3v) is 2.92. The van der Waals surface area contributed by atoms with E-state index in [1.165, 1.54) is 6.07 Å². The highest BCUT2D eigenvalue weighted by molar-refractivity contribution is 5.89. The molecule has 1 aromatic carbocycles. The highest BCUT2D eigenvalue weighted by Crippen LogP contribution is 2.18. The van der Waals surface area contributed by atoms with Gasteiger partial charge in [-0.2, -0.15) is 0 Å². The van der Waals surface area contributed by atoms with Gasteiger partial charge in [0, 0.05) is 36.8 Å². The average Bonchev–Trinajstić information content (AvgIpc) is 2.88. The number of fused-ring (bicyclic) bond motifs is 1. The normalized spacial score (nSPS) is 10.8. The Balaban J connectivity index is 0.000000284. The number of carbonyl (C=O) groups is 2. The molecule has 23 heavy (non-hydrogen) atoms. The molecule has 7 heteroatoms. The maximum Gasteiger partial charge on any atom is 0.328 e. The fourth-order valence-corrected chi connectivity index (χ4v) is 1.83. The minimum absolute atomic E-state index is 0.142. The number of rotatable bonds is 5. The number of nitrogens with zero attached hydrogens (tertiary/aromatic N) is 2. The van der Waals surface area contributed by atoms with Crippen LogP contribution in [0.25, 0.3) is 10.9 Å². The molecular weight excluding hydrogens is 303 g/mol. The summed E-state index contributed by atoms with van der Waals surface area (Å²) in [5, 5.41) is 16.3. The maximum atomic E-state index is 13.4. The monoisotopic (exact) mass is 322 g/mol. The van der Waals surface area contributed by atoms with Crippen molar-refractivity contribution in [2.75, 3.05) is 20.6 Å². The first-order chi connectivity index (χ1) is 10.8. The van der Waals surface area contributed by atoms with Crippen molar-refractivity contribution in [2.45, 2.75) is 6.54 Å². The van der Waals surface area contributed by atoms with Gasteiger partial charge in [-0.05, 0) is 32.3 Å². The van der Waals surface area contributed by atoms with Crippen LogP contribution in [0.3, 0.4) is 0 Å². The van der Waals surface area contributed by atoms with Crippen LogP contribution in [0.15, 0.2) is 42.6 Å². The van der Waals surface area contributed by atoms with Crippen LogP contribution in [0.4, 0.5) is 4.39 Å². The molecular formula is C16H19FN2O4. The Morgan fingerprint density at radius 2 is 1.78 bits per heavy atom. The summed E-state index contributed by atoms with van der Waals surface area (Å²) in [7, 11) is 4.07. The molecule has 2 aromatic rings. The molecule has 2 rings (SSSR count). The van der Waals surface area contributed by atoms with Crippen molar-refractivity contribution in [1.29, 1.82) is 0 Å². The number of hydrogen-bond donors (Lipinski definition) is 2. The second-order valence-corrected chi connectivity index (χ2v) is 4.99. The van der Waals surface area contributed by atoms with Crippen LogP contribution in [-0.2, 0) is 16.1 Å². The van der Waals surface area contributed by atoms with Crippen molar-refractivity contribution in [1.82, 2.24) is 9.47 Å². The Morgan fingerprint density at radius 1 is 1.17 bits per heavy atom. The second kappa shape index (κ2) is 8.70. The van der Waals surface area contributed by atoms with E-state index in [2.05, 4.69) is 9.47 Å². The SMILES string of the molecule is CN(C)CCn1ccc2c(F)cccc21.O=C(O)/C=C/C(=O)O. The van der Waals surface area contributed by atoms with Gasteiger partial charge in [0.15, 0.2) is 0 Å². The number of carboxylic acids is 2. The zero-order valence-electron chi connectivity index (χ0n) is 12.9. The minimum Gasteiger partial charge on any atom is -0.478 e. The first-order valence-corrected chi connectivity index (χ1v) is 6.83. The van der Waals surface area contributed by atoms with Crippen molar-refractivity contribution >= 4 is 22.8 Å². The molecule has 0 atom stereocenters. The molecule has 0 saturated heterocycles. The largest absolute Gasteiger partial charge is 0.478 e. The zero-order chi connectivity index (χ0) is 17.4. The lowest BCUT2D eigenvalue weighted by Crippen LogP contribution is -2.17. The van der Waals surface area contributed by atoms with Crippen LogP contribution in [0.2, 0.25) is 0 Å². The van der Waals surface area contributed by atoms with Gasteiger partial charge < -0.3 is 19.7 Å². The van der Waals surface area contributed by atoms with Gasteiger partial charge in [0.1, 0.15) is 5.82 Å². The first-order valence-electron chi connectivity index (χ1n) is 6.83. The van der Waals surface area contributed by atoms with Gasteiger partial charge in [0.25, 0.3) is 0 Å². The summed E-state index contributed by atoms with van der Waals surface area (Å²) < 4.78 is 15.5. The fourth-order valence-electron chi connectivity index (χ4n) is 1.83. The summed E-state index contributed by atoms with van der Waals surface area (Å²) in [5.74, 6) is -2.66. The Kier molecular flexibility index (Phi) is 6.95. The molecule has 0 saturated carbocycles. The Labute approximate surface area is 133 Å². The molecule has 1 aromatic heterocycles. The zero-order valence-corrected chi connectivity index (χ0v) is 12.9. The molecule has 0 bridgehead atoms. The Hall–Kier alpha value is -2.67. The van der Waals surface area contributed by atoms with Crippen LogP contribution in [-0.4, -0.2) is 52.3 Å². The number of hydrogen-bond acceptors (Lipinski definition) is 3. The topological polar surface area (TPSA) is 82.8 Å². The maximum absolute atomic E-state index is 13.4. The lowest BCUT2D eigenvalue weighted by molar-refractivity contribution is -0.134. The number of likely N-dealkylation sites (N-methyl/N-ethyl adjacent to an activating group) is 1. The van der Waals surface area contributed by atoms with Gasteiger partial charge in [-0.3, -0.25) is 0 Å². The minimum atomic E-state index is -1.26. The van der Waals surface area contributed by atoms with Crippen LogP contribution in [0, 0.1) is 5.82 Å². The van der Waals surface area contributed by atoms with E-state index >= 15 is 0 Å². The van der Waals surface area contributed by atoms with Gasteiger partial charge in [0.05, 0.1) is 5.52 Å². The first kappa shape index (κ1) is 18.4. The summed E-state index contributed by atoms with van der Waals surface area (Å²) in [6.45, 7) is 1.85. The molecule has 0 aliphatic rings. The predicted octanol–water partition coefficient (Wildman–Crippen LogP) is 2.05. The van der Waals surface area contributed by atoms with Crippen molar-refractivity contribution < 1.29 is 24.2 Å². The molecule has 1 heterocycles. The molecule has 2 N–H and O–H groups in total. The lowest BCUT2D eigenvalue weighted by Gasteiger charge is -2.11. The molecule has 0 aliphatic heterocycles. The van der Waals surface area contributed by atoms with E-state index in [0.717, 1.165) is 18.6 Å². The van der Waals surface area contributed by atoms with Gasteiger partial charge >= 0.3 is 11.9 Å². The van der Waals surface area contributed by atoms with E-state index in [-0.39, 0.29) is 5.82 Å². The summed E-state index contributed by atoms with van der Waals surface area (Å²) >= 11 is 0. The second-order valence-electron chi connectivity index (χ2n) is 4.99. The standard InChI is InChI=1S/C12H15FN2.C4H4O4/c1-14(2)8-9-15-7-6-10-11(13)4-3-5-12(10)15;5-3(6)1-2-4(7)8/h3-7H,8-9H2,1-2H3;1-2H,(H,5,6)(H,7,8)/b;2-1+. The van der Waals surface area contributed by atoms with E-state index in [1.54, 1.807) is 6.07 Å². The number of carboxylic acid groups (broad SMARTS) is 2. The lowest BCUT2D eigenvalue weighted by atomic mass is 10.2. The third-order valence-electron chi connectivity index (χ3n) is 2.92. The van der Waals surface area contributed by atoms with Crippen LogP contribution < -0.4 is 0 Å². The van der Waals surface area contributed by atoms with Gasteiger partial charge in [0.2, 0.25) is 0 Å². The van der Waals surface area contributed by atoms with Crippen molar-refractivity contribution in [2.24, 2.45) is 0 Å². The highest BCUT2D eigenvalue weighted by Gasteiger charge is 2.04. The number of halogens is 1. The fraction of sp³-hybridized carbons (Fsp3) is 0.250. The summed E-state index contributed by atoms with van der Waals surface area (Å²) in [5.41, 5.74) is 0.969. The van der Waals surface area contributed by atoms with E-state index in [0.29, 0.717) is 17.5 Å². The summed E-state index contributed by atoms with van der Waals surface area (Å²) in [4.78, 5) is 21.2. The van der Waals surface area contributed by atoms with E-state index < -0.39 is 11.9 Å². The molecule has 0 aliphatic carbocycles. The number of benzene rings is 1. The molecule has 0 fully saturated rings. The summed E-state index contributed by atoms with van der Waals surface area (Å²) in [6.07, 6.45) is 3.06. The van der Waals surface area contributed by atoms with Crippen molar-refractivity contribution in [3.05, 3.63) is 48.4 Å². The Morgan fingerprint density at radius 3 is 2.30 bits per heavy atom. The van der Waals surface area contributed by atoms with Crippen molar-refractivity contribution in [3.8, 4) is 0 Å². The van der Waals surface area contributed by atoms with E-state index in [9.17, 15) is 14.0 Å². The highest BCUT2D eigenvalue weighted by atomic mass is 19.1. The van der Waals surface area contributed by atoms with Crippen LogP contribution in [0.5, 0.6) is 0 Å². The molecule has 0 radical (unpaired) electrons. The van der Waals surface area contributed by atoms with Gasteiger partial charge in [-0.25, -0.2) is 14.0 Å². The van der Waals surface area contributed by atoms with E-state index in [1.807, 2.05) is 32.4 Å². The number of aliphatic carboxylic acids is 2. The number of aromatic nitrogens is 1. The van der Waals surface area contributed by atoms with E-state index in [4.69, 9.17) is 10.2 Å². The molecule has 0 spiro atoms. The van der Waals surface area contributed by atoms with Gasteiger partial charge in [-0.1, -0.05) is 6.07 Å². The molecule has 0 amide bonds. The predicted molar refractivity (Wildman–Crippen MR) is 84.9 cm³/mol. The average molecular weight is 322 g/mol.